The molecule has 0 radical (unpaired) electrons. The molecule has 9 nitrogen and oxygen atoms in total. The third kappa shape index (κ3) is 5.82. The minimum atomic E-state index is 0.746. The van der Waals surface area contributed by atoms with E-state index in [0.717, 1.165) is 104 Å². The summed E-state index contributed by atoms with van der Waals surface area (Å²) in [4.78, 5) is 29.9. The Morgan fingerprint density at radius 2 is 1.16 bits per heavy atom. The molecule has 0 atom stereocenters. The van der Waals surface area contributed by atoms with Crippen LogP contribution in [0.3, 0.4) is 0 Å². The topological polar surface area (TPSA) is 87.6 Å². The first kappa shape index (κ1) is 28.6. The van der Waals surface area contributed by atoms with Gasteiger partial charge in [-0.15, -0.1) is 22.7 Å². The Morgan fingerprint density at radius 3 is 1.66 bits per heavy atom. The zero-order valence-corrected chi connectivity index (χ0v) is 26.6. The number of hydrogen-bond donors (Lipinski definition) is 3. The maximum absolute atomic E-state index is 10.9. The lowest BCUT2D eigenvalue weighted by Crippen LogP contribution is -2.48. The number of nitrogens with one attached hydrogen (secondary N) is 3. The molecule has 4 aliphatic rings. The van der Waals surface area contributed by atoms with Crippen LogP contribution < -0.4 is 16.0 Å². The summed E-state index contributed by atoms with van der Waals surface area (Å²) in [5.41, 5.74) is 6.50. The molecular weight excluding hydrogens is 589 g/mol. The Labute approximate surface area is 265 Å². The molecule has 226 valence electrons. The predicted octanol–water partition coefficient (Wildman–Crippen LogP) is 6.06. The van der Waals surface area contributed by atoms with E-state index >= 15 is 0 Å². The number of aryl methyl sites for hydroxylation is 2. The number of para-hydroxylation sites is 4. The molecule has 8 rings (SSSR count). The SMILES string of the molecule is Cc1cc2c(s1)Nc1ccccc1N=C2N1CCN(C=O)CC1.Cc1cc2c(s1)Nc1ccccc1N=C2N1CCNCC1. The minimum absolute atomic E-state index is 0.746. The molecule has 11 heteroatoms. The number of nitrogens with zero attached hydrogens (tertiary/aromatic N) is 5. The van der Waals surface area contributed by atoms with Crippen molar-refractivity contribution in [1.29, 1.82) is 0 Å². The number of anilines is 4. The number of hydrogen-bond acceptors (Lipinski definition) is 10. The van der Waals surface area contributed by atoms with Crippen LogP contribution in [0.2, 0.25) is 0 Å². The van der Waals surface area contributed by atoms with Crippen molar-refractivity contribution in [2.75, 3.05) is 63.0 Å². The number of carbonyl (C=O) groups excluding carboxylic acids is 1. The van der Waals surface area contributed by atoms with E-state index in [9.17, 15) is 4.79 Å². The maximum Gasteiger partial charge on any atom is 0.209 e. The lowest BCUT2D eigenvalue weighted by molar-refractivity contribution is -0.119. The molecule has 2 aromatic heterocycles. The summed E-state index contributed by atoms with van der Waals surface area (Å²) in [7, 11) is 0. The molecule has 0 aliphatic carbocycles. The second-order valence-electron chi connectivity index (χ2n) is 11.2. The van der Waals surface area contributed by atoms with Gasteiger partial charge >= 0.3 is 0 Å². The monoisotopic (exact) mass is 624 g/mol. The van der Waals surface area contributed by atoms with Crippen LogP contribution in [0.25, 0.3) is 0 Å². The number of amides is 1. The van der Waals surface area contributed by atoms with Crippen LogP contribution in [0.5, 0.6) is 0 Å². The van der Waals surface area contributed by atoms with E-state index < -0.39 is 0 Å². The smallest absolute Gasteiger partial charge is 0.209 e. The number of thiophene rings is 2. The highest BCUT2D eigenvalue weighted by atomic mass is 32.1. The lowest BCUT2D eigenvalue weighted by atomic mass is 10.2. The van der Waals surface area contributed by atoms with Crippen LogP contribution in [-0.4, -0.2) is 85.1 Å². The number of benzene rings is 2. The predicted molar refractivity (Wildman–Crippen MR) is 184 cm³/mol. The summed E-state index contributed by atoms with van der Waals surface area (Å²) < 4.78 is 0. The van der Waals surface area contributed by atoms with E-state index in [-0.39, 0.29) is 0 Å². The summed E-state index contributed by atoms with van der Waals surface area (Å²) in [5, 5.41) is 12.8. The van der Waals surface area contributed by atoms with Crippen LogP contribution in [0.1, 0.15) is 20.9 Å². The average molecular weight is 625 g/mol. The fraction of sp³-hybridized carbons (Fsp3) is 0.303. The van der Waals surface area contributed by atoms with Gasteiger partial charge in [0.25, 0.3) is 0 Å². The van der Waals surface area contributed by atoms with Crippen molar-refractivity contribution in [3.05, 3.63) is 81.5 Å². The molecular formula is C33H36N8OS2. The normalized spacial score (nSPS) is 17.1. The first-order chi connectivity index (χ1) is 21.6. The second-order valence-corrected chi connectivity index (χ2v) is 13.7. The van der Waals surface area contributed by atoms with Crippen molar-refractivity contribution in [1.82, 2.24) is 20.0 Å². The standard InChI is InChI=1S/C17H18N4OS.C16H18N4S/c1-12-10-13-16(21-8-6-20(11-22)7-9-21)18-14-4-2-3-5-15(14)19-17(13)23-12;1-11-10-12-15(20-8-6-17-7-9-20)18-13-4-2-3-5-14(13)19-16(12)21-11/h2-5,10-11,19H,6-9H2,1H3;2-5,10,17,19H,6-9H2,1H3. The molecule has 4 aliphatic heterocycles. The fourth-order valence-corrected chi connectivity index (χ4v) is 7.73. The van der Waals surface area contributed by atoms with Crippen molar-refractivity contribution >= 4 is 73.5 Å². The molecule has 44 heavy (non-hydrogen) atoms. The molecule has 0 bridgehead atoms. The fourth-order valence-electron chi connectivity index (χ4n) is 5.89. The number of aliphatic imine (C=N–C) groups is 2. The van der Waals surface area contributed by atoms with Gasteiger partial charge in [-0.05, 0) is 50.2 Å². The molecule has 2 saturated heterocycles. The third-order valence-corrected chi connectivity index (χ3v) is 10.1. The molecule has 3 N–H and O–H groups in total. The highest BCUT2D eigenvalue weighted by Crippen LogP contribution is 2.40. The number of carbonyl (C=O) groups is 1. The number of rotatable bonds is 1. The summed E-state index contributed by atoms with van der Waals surface area (Å²) in [5.74, 6) is 2.11. The Kier molecular flexibility index (Phi) is 8.07. The Hall–Kier alpha value is -4.19. The van der Waals surface area contributed by atoms with Crippen molar-refractivity contribution in [3.63, 3.8) is 0 Å². The molecule has 2 aromatic carbocycles. The number of fused-ring (bicyclic) bond motifs is 4. The van der Waals surface area contributed by atoms with E-state index in [0.29, 0.717) is 0 Å². The van der Waals surface area contributed by atoms with E-state index in [1.54, 1.807) is 22.7 Å². The van der Waals surface area contributed by atoms with Gasteiger partial charge in [0, 0.05) is 62.1 Å². The van der Waals surface area contributed by atoms with Crippen molar-refractivity contribution < 1.29 is 4.79 Å². The highest BCUT2D eigenvalue weighted by molar-refractivity contribution is 7.17. The van der Waals surface area contributed by atoms with Gasteiger partial charge in [-0.1, -0.05) is 24.3 Å². The van der Waals surface area contributed by atoms with Crippen molar-refractivity contribution in [3.8, 4) is 0 Å². The van der Waals surface area contributed by atoms with E-state index in [4.69, 9.17) is 9.98 Å². The maximum atomic E-state index is 10.9. The second kappa shape index (κ2) is 12.4. The number of piperazine rings is 2. The first-order valence-corrected chi connectivity index (χ1v) is 16.7. The van der Waals surface area contributed by atoms with E-state index in [1.807, 2.05) is 29.2 Å². The van der Waals surface area contributed by atoms with Gasteiger partial charge in [-0.2, -0.15) is 0 Å². The minimum Gasteiger partial charge on any atom is -0.353 e. The number of amidine groups is 2. The molecule has 6 heterocycles. The molecule has 1 amide bonds. The Bertz CT molecular complexity index is 1730. The molecule has 0 unspecified atom stereocenters. The van der Waals surface area contributed by atoms with Crippen LogP contribution in [0, 0.1) is 13.8 Å². The summed E-state index contributed by atoms with van der Waals surface area (Å²) >= 11 is 3.56. The quantitative estimate of drug-likeness (QED) is 0.223. The van der Waals surface area contributed by atoms with E-state index in [2.05, 4.69) is 76.0 Å². The van der Waals surface area contributed by atoms with Gasteiger partial charge < -0.3 is 30.7 Å². The van der Waals surface area contributed by atoms with Crippen LogP contribution in [0.15, 0.2) is 70.6 Å². The van der Waals surface area contributed by atoms with Crippen molar-refractivity contribution in [2.24, 2.45) is 9.98 Å². The van der Waals surface area contributed by atoms with Gasteiger partial charge in [0.2, 0.25) is 6.41 Å². The molecule has 4 aromatic rings. The summed E-state index contributed by atoms with van der Waals surface area (Å²) in [6.45, 7) is 11.5. The van der Waals surface area contributed by atoms with Gasteiger partial charge in [0.15, 0.2) is 0 Å². The van der Waals surface area contributed by atoms with Crippen LogP contribution >= 0.6 is 22.7 Å². The van der Waals surface area contributed by atoms with Gasteiger partial charge in [0.1, 0.15) is 21.7 Å². The first-order valence-electron chi connectivity index (χ1n) is 15.1. The van der Waals surface area contributed by atoms with Gasteiger partial charge in [0.05, 0.1) is 33.9 Å². The largest absolute Gasteiger partial charge is 0.353 e. The van der Waals surface area contributed by atoms with Gasteiger partial charge in [-0.25, -0.2) is 9.98 Å². The zero-order valence-electron chi connectivity index (χ0n) is 25.0. The molecule has 2 fully saturated rings. The van der Waals surface area contributed by atoms with Gasteiger partial charge in [-0.3, -0.25) is 4.79 Å². The highest BCUT2D eigenvalue weighted by Gasteiger charge is 2.26. The third-order valence-electron chi connectivity index (χ3n) is 8.13. The molecule has 0 saturated carbocycles. The summed E-state index contributed by atoms with van der Waals surface area (Å²) in [6.07, 6.45) is 0.934. The zero-order chi connectivity index (χ0) is 30.0. The van der Waals surface area contributed by atoms with Crippen LogP contribution in [0.4, 0.5) is 32.8 Å². The Morgan fingerprint density at radius 1 is 0.682 bits per heavy atom. The average Bonchev–Trinajstić information content (AvgIpc) is 3.51. The van der Waals surface area contributed by atoms with Crippen molar-refractivity contribution in [2.45, 2.75) is 13.8 Å². The lowest BCUT2D eigenvalue weighted by Gasteiger charge is -2.34. The van der Waals surface area contributed by atoms with E-state index in [1.165, 1.54) is 20.3 Å². The Balaban J connectivity index is 0.000000143. The summed E-state index contributed by atoms with van der Waals surface area (Å²) in [6, 6.07) is 20.8. The molecule has 0 spiro atoms. The van der Waals surface area contributed by atoms with Crippen LogP contribution in [-0.2, 0) is 4.79 Å².